The Bertz CT molecular complexity index is 694. The third kappa shape index (κ3) is 3.15. The number of imide groups is 2. The maximum absolute atomic E-state index is 12.1. The van der Waals surface area contributed by atoms with Crippen LogP contribution < -0.4 is 4.90 Å². The van der Waals surface area contributed by atoms with Crippen molar-refractivity contribution in [2.24, 2.45) is 0 Å². The highest BCUT2D eigenvalue weighted by Crippen LogP contribution is 2.20. The Hall–Kier alpha value is -2.89. The van der Waals surface area contributed by atoms with Gasteiger partial charge in [0.05, 0.1) is 0 Å². The molecular weight excluding hydrogens is 294 g/mol. The summed E-state index contributed by atoms with van der Waals surface area (Å²) in [6.07, 6.45) is 4.90. The number of hydrogen-bond donors (Lipinski definition) is 0. The molecular formula is C17H19N3O3. The molecule has 0 N–H and O–H groups in total. The van der Waals surface area contributed by atoms with E-state index in [-0.39, 0.29) is 5.57 Å². The second-order valence-corrected chi connectivity index (χ2v) is 5.40. The van der Waals surface area contributed by atoms with Gasteiger partial charge in [-0.2, -0.15) is 0 Å². The van der Waals surface area contributed by atoms with E-state index < -0.39 is 17.8 Å². The van der Waals surface area contributed by atoms with Crippen LogP contribution in [0.3, 0.4) is 0 Å². The summed E-state index contributed by atoms with van der Waals surface area (Å²) in [5.74, 6) is -1.19. The Morgan fingerprint density at radius 1 is 0.957 bits per heavy atom. The van der Waals surface area contributed by atoms with Gasteiger partial charge in [0.15, 0.2) is 0 Å². The van der Waals surface area contributed by atoms with Gasteiger partial charge in [-0.1, -0.05) is 30.4 Å². The summed E-state index contributed by atoms with van der Waals surface area (Å²) < 4.78 is 0. The first-order valence-corrected chi connectivity index (χ1v) is 7.09. The SMILES string of the molecule is CN1C(=O)C(=C/C=C/c2ccccc2N(C)C)C(=O)N(C)C1=O. The molecule has 6 heteroatoms. The van der Waals surface area contributed by atoms with E-state index in [0.29, 0.717) is 0 Å². The minimum absolute atomic E-state index is 0.0341. The average molecular weight is 313 g/mol. The second kappa shape index (κ2) is 6.48. The Balaban J connectivity index is 2.31. The van der Waals surface area contributed by atoms with Gasteiger partial charge in [-0.15, -0.1) is 0 Å². The molecule has 0 unspecified atom stereocenters. The molecule has 0 spiro atoms. The highest BCUT2D eigenvalue weighted by Gasteiger charge is 2.37. The summed E-state index contributed by atoms with van der Waals surface area (Å²) >= 11 is 0. The molecule has 0 aliphatic carbocycles. The Kier molecular flexibility index (Phi) is 4.64. The number of amides is 4. The number of urea groups is 1. The van der Waals surface area contributed by atoms with Gasteiger partial charge in [0.1, 0.15) is 5.57 Å². The summed E-state index contributed by atoms with van der Waals surface area (Å²) in [6.45, 7) is 0. The molecule has 1 aliphatic heterocycles. The van der Waals surface area contributed by atoms with Crippen LogP contribution in [0.5, 0.6) is 0 Å². The monoisotopic (exact) mass is 313 g/mol. The van der Waals surface area contributed by atoms with Gasteiger partial charge in [-0.3, -0.25) is 19.4 Å². The maximum atomic E-state index is 12.1. The number of hydrogen-bond acceptors (Lipinski definition) is 4. The van der Waals surface area contributed by atoms with E-state index >= 15 is 0 Å². The van der Waals surface area contributed by atoms with E-state index in [1.54, 1.807) is 6.08 Å². The van der Waals surface area contributed by atoms with Crippen LogP contribution in [0.2, 0.25) is 0 Å². The third-order valence-corrected chi connectivity index (χ3v) is 3.60. The second-order valence-electron chi connectivity index (χ2n) is 5.40. The van der Waals surface area contributed by atoms with Gasteiger partial charge in [-0.05, 0) is 17.7 Å². The molecule has 1 heterocycles. The van der Waals surface area contributed by atoms with E-state index in [1.165, 1.54) is 20.2 Å². The van der Waals surface area contributed by atoms with Gasteiger partial charge in [-0.25, -0.2) is 4.79 Å². The zero-order valence-corrected chi connectivity index (χ0v) is 13.6. The van der Waals surface area contributed by atoms with Gasteiger partial charge in [0, 0.05) is 33.9 Å². The van der Waals surface area contributed by atoms with Crippen molar-refractivity contribution in [3.8, 4) is 0 Å². The van der Waals surface area contributed by atoms with Crippen molar-refractivity contribution in [3.63, 3.8) is 0 Å². The highest BCUT2D eigenvalue weighted by atomic mass is 16.2. The zero-order valence-electron chi connectivity index (χ0n) is 13.6. The first-order chi connectivity index (χ1) is 10.8. The van der Waals surface area contributed by atoms with Crippen molar-refractivity contribution >= 4 is 29.6 Å². The molecule has 2 rings (SSSR count). The minimum atomic E-state index is -0.626. The van der Waals surface area contributed by atoms with Crippen LogP contribution >= 0.6 is 0 Å². The van der Waals surface area contributed by atoms with Crippen LogP contribution in [0.4, 0.5) is 10.5 Å². The van der Waals surface area contributed by atoms with Gasteiger partial charge in [0.25, 0.3) is 11.8 Å². The molecule has 0 bridgehead atoms. The number of carbonyl (C=O) groups is 3. The van der Waals surface area contributed by atoms with Crippen molar-refractivity contribution in [2.75, 3.05) is 33.1 Å². The number of anilines is 1. The molecule has 1 fully saturated rings. The Labute approximate surface area is 135 Å². The number of rotatable bonds is 3. The number of para-hydroxylation sites is 1. The predicted molar refractivity (Wildman–Crippen MR) is 88.8 cm³/mol. The summed E-state index contributed by atoms with van der Waals surface area (Å²) in [4.78, 5) is 39.6. The first-order valence-electron chi connectivity index (χ1n) is 7.09. The van der Waals surface area contributed by atoms with Crippen LogP contribution in [-0.4, -0.2) is 55.8 Å². The molecule has 1 saturated heterocycles. The van der Waals surface area contributed by atoms with E-state index in [4.69, 9.17) is 0 Å². The van der Waals surface area contributed by atoms with Crippen LogP contribution in [-0.2, 0) is 9.59 Å². The Morgan fingerprint density at radius 3 is 2.09 bits per heavy atom. The largest absolute Gasteiger partial charge is 0.377 e. The number of benzene rings is 1. The fourth-order valence-corrected chi connectivity index (χ4v) is 2.28. The number of nitrogens with zero attached hydrogens (tertiary/aromatic N) is 3. The van der Waals surface area contributed by atoms with E-state index in [9.17, 15) is 14.4 Å². The van der Waals surface area contributed by atoms with Crippen LogP contribution in [0.1, 0.15) is 5.56 Å². The predicted octanol–water partition coefficient (Wildman–Crippen LogP) is 1.74. The molecule has 1 aliphatic rings. The normalized spacial score (nSPS) is 15.7. The quantitative estimate of drug-likeness (QED) is 0.630. The molecule has 4 amide bonds. The summed E-state index contributed by atoms with van der Waals surface area (Å²) in [5, 5.41) is 0. The highest BCUT2D eigenvalue weighted by molar-refractivity contribution is 6.28. The molecule has 1 aromatic rings. The smallest absolute Gasteiger partial charge is 0.333 e. The van der Waals surface area contributed by atoms with Crippen LogP contribution in [0, 0.1) is 0 Å². The average Bonchev–Trinajstić information content (AvgIpc) is 2.54. The topological polar surface area (TPSA) is 60.9 Å². The van der Waals surface area contributed by atoms with Crippen molar-refractivity contribution < 1.29 is 14.4 Å². The molecule has 0 atom stereocenters. The minimum Gasteiger partial charge on any atom is -0.377 e. The molecule has 0 saturated carbocycles. The van der Waals surface area contributed by atoms with Gasteiger partial charge in [0.2, 0.25) is 0 Å². The maximum Gasteiger partial charge on any atom is 0.333 e. The van der Waals surface area contributed by atoms with E-state index in [0.717, 1.165) is 21.1 Å². The molecule has 0 aromatic heterocycles. The summed E-state index contributed by atoms with van der Waals surface area (Å²) in [7, 11) is 6.59. The molecule has 1 aromatic carbocycles. The summed E-state index contributed by atoms with van der Waals surface area (Å²) in [5.41, 5.74) is 1.95. The lowest BCUT2D eigenvalue weighted by Gasteiger charge is -2.28. The molecule has 23 heavy (non-hydrogen) atoms. The first kappa shape index (κ1) is 16.5. The summed E-state index contributed by atoms with van der Waals surface area (Å²) in [6, 6.07) is 7.14. The third-order valence-electron chi connectivity index (χ3n) is 3.60. The van der Waals surface area contributed by atoms with Crippen molar-refractivity contribution in [1.82, 2.24) is 9.80 Å². The fraction of sp³-hybridized carbons (Fsp3) is 0.235. The lowest BCUT2D eigenvalue weighted by molar-refractivity contribution is -0.134. The van der Waals surface area contributed by atoms with Crippen molar-refractivity contribution in [1.29, 1.82) is 0 Å². The number of carbonyl (C=O) groups excluding carboxylic acids is 3. The molecule has 0 radical (unpaired) electrons. The fourth-order valence-electron chi connectivity index (χ4n) is 2.28. The molecule has 120 valence electrons. The van der Waals surface area contributed by atoms with E-state index in [1.807, 2.05) is 49.3 Å². The standard InChI is InChI=1S/C17H19N3O3/c1-18(2)14-11-6-5-8-12(14)9-7-10-13-15(21)19(3)17(23)20(4)16(13)22/h5-11H,1-4H3/b9-7+. The van der Waals surface area contributed by atoms with Crippen LogP contribution in [0.15, 0.2) is 42.0 Å². The van der Waals surface area contributed by atoms with Crippen LogP contribution in [0.25, 0.3) is 6.08 Å². The Morgan fingerprint density at radius 2 is 1.52 bits per heavy atom. The number of likely N-dealkylation sites (N-methyl/N-ethyl adjacent to an activating group) is 2. The van der Waals surface area contributed by atoms with Gasteiger partial charge < -0.3 is 4.90 Å². The lowest BCUT2D eigenvalue weighted by atomic mass is 10.1. The van der Waals surface area contributed by atoms with Crippen molar-refractivity contribution in [2.45, 2.75) is 0 Å². The number of allylic oxidation sites excluding steroid dienone is 2. The zero-order chi connectivity index (χ0) is 17.1. The van der Waals surface area contributed by atoms with Crippen molar-refractivity contribution in [3.05, 3.63) is 47.6 Å². The van der Waals surface area contributed by atoms with Gasteiger partial charge >= 0.3 is 6.03 Å². The number of barbiturate groups is 1. The lowest BCUT2D eigenvalue weighted by Crippen LogP contribution is -2.52. The van der Waals surface area contributed by atoms with E-state index in [2.05, 4.69) is 0 Å². The molecule has 6 nitrogen and oxygen atoms in total.